The molecular weight excluding hydrogens is 325 g/mol. The first-order valence-corrected chi connectivity index (χ1v) is 10.5. The highest BCUT2D eigenvalue weighted by Gasteiger charge is 2.26. The molecule has 0 N–H and O–H groups in total. The second kappa shape index (κ2) is 9.30. The van der Waals surface area contributed by atoms with Crippen LogP contribution in [0.1, 0.15) is 57.8 Å². The summed E-state index contributed by atoms with van der Waals surface area (Å²) in [7, 11) is -3.17. The number of fused-ring (bicyclic) bond motifs is 1. The summed E-state index contributed by atoms with van der Waals surface area (Å²) in [6.07, 6.45) is 7.60. The molecule has 0 atom stereocenters. The number of rotatable bonds is 11. The lowest BCUT2D eigenvalue weighted by atomic mass is 10.1. The normalized spacial score (nSPS) is 12.1. The fourth-order valence-corrected chi connectivity index (χ4v) is 4.40. The van der Waals surface area contributed by atoms with E-state index in [1.807, 2.05) is 26.0 Å². The quantitative estimate of drug-likeness (QED) is 0.436. The fraction of sp³-hybridized carbons (Fsp3) is 0.647. The Morgan fingerprint density at radius 3 is 2.54 bits per heavy atom. The SMILES string of the molecule is CCCCCCc1cc(CP(=O)(OCC)OCC)n2nccc2n1. The van der Waals surface area contributed by atoms with E-state index in [0.29, 0.717) is 13.2 Å². The molecule has 0 saturated carbocycles. The van der Waals surface area contributed by atoms with Gasteiger partial charge in [-0.05, 0) is 32.8 Å². The Hall–Kier alpha value is -1.23. The van der Waals surface area contributed by atoms with E-state index in [9.17, 15) is 4.57 Å². The van der Waals surface area contributed by atoms with E-state index in [1.54, 1.807) is 10.7 Å². The van der Waals surface area contributed by atoms with Gasteiger partial charge in [0.2, 0.25) is 0 Å². The predicted molar refractivity (Wildman–Crippen MR) is 95.4 cm³/mol. The van der Waals surface area contributed by atoms with Gasteiger partial charge in [-0.2, -0.15) is 5.10 Å². The van der Waals surface area contributed by atoms with Gasteiger partial charge in [0.1, 0.15) is 0 Å². The van der Waals surface area contributed by atoms with Crippen LogP contribution in [0.15, 0.2) is 18.3 Å². The largest absolute Gasteiger partial charge is 0.336 e. The molecule has 134 valence electrons. The van der Waals surface area contributed by atoms with Crippen molar-refractivity contribution in [3.05, 3.63) is 29.7 Å². The highest BCUT2D eigenvalue weighted by molar-refractivity contribution is 7.53. The van der Waals surface area contributed by atoms with Crippen LogP contribution in [0, 0.1) is 0 Å². The molecule has 2 aromatic heterocycles. The molecule has 0 aliphatic carbocycles. The number of unbranched alkanes of at least 4 members (excludes halogenated alkanes) is 3. The second-order valence-corrected chi connectivity index (χ2v) is 7.81. The summed E-state index contributed by atoms with van der Waals surface area (Å²) < 4.78 is 25.4. The zero-order valence-electron chi connectivity index (χ0n) is 14.9. The monoisotopic (exact) mass is 353 g/mol. The Morgan fingerprint density at radius 2 is 1.88 bits per heavy atom. The van der Waals surface area contributed by atoms with Crippen LogP contribution >= 0.6 is 7.60 Å². The minimum atomic E-state index is -3.17. The van der Waals surface area contributed by atoms with E-state index in [4.69, 9.17) is 9.05 Å². The zero-order chi connectivity index (χ0) is 17.4. The Labute approximate surface area is 144 Å². The molecule has 0 bridgehead atoms. The van der Waals surface area contributed by atoms with E-state index in [0.717, 1.165) is 29.9 Å². The van der Waals surface area contributed by atoms with Crippen molar-refractivity contribution in [2.24, 2.45) is 0 Å². The molecule has 0 saturated heterocycles. The number of hydrogen-bond donors (Lipinski definition) is 0. The summed E-state index contributed by atoms with van der Waals surface area (Å²) in [5.74, 6) is 0. The summed E-state index contributed by atoms with van der Waals surface area (Å²) >= 11 is 0. The topological polar surface area (TPSA) is 65.7 Å². The zero-order valence-corrected chi connectivity index (χ0v) is 15.8. The lowest BCUT2D eigenvalue weighted by molar-refractivity contribution is 0.218. The molecule has 0 radical (unpaired) electrons. The average molecular weight is 353 g/mol. The third-order valence-electron chi connectivity index (χ3n) is 3.78. The van der Waals surface area contributed by atoms with Gasteiger partial charge in [-0.3, -0.25) is 4.57 Å². The van der Waals surface area contributed by atoms with Crippen molar-refractivity contribution in [2.45, 2.75) is 59.0 Å². The van der Waals surface area contributed by atoms with Crippen LogP contribution in [0.3, 0.4) is 0 Å². The summed E-state index contributed by atoms with van der Waals surface area (Å²) in [6.45, 7) is 6.55. The van der Waals surface area contributed by atoms with E-state index >= 15 is 0 Å². The maximum Gasteiger partial charge on any atom is 0.336 e. The Bertz CT molecular complexity index is 677. The van der Waals surface area contributed by atoms with Gasteiger partial charge in [0.15, 0.2) is 5.65 Å². The average Bonchev–Trinajstić information content (AvgIpc) is 3.01. The van der Waals surface area contributed by atoms with Gasteiger partial charge >= 0.3 is 7.60 Å². The molecule has 0 amide bonds. The van der Waals surface area contributed by atoms with Crippen LogP contribution in [0.25, 0.3) is 5.65 Å². The first-order chi connectivity index (χ1) is 11.6. The standard InChI is InChI=1S/C17H28N3O3P/c1-4-7-8-9-10-15-13-16(20-17(19-15)11-12-18-20)14-24(21,22-5-2)23-6-3/h11-13H,4-10,14H2,1-3H3. The highest BCUT2D eigenvalue weighted by atomic mass is 31.2. The van der Waals surface area contributed by atoms with Crippen molar-refractivity contribution in [2.75, 3.05) is 13.2 Å². The van der Waals surface area contributed by atoms with Crippen molar-refractivity contribution in [3.8, 4) is 0 Å². The molecule has 0 fully saturated rings. The molecular formula is C17H28N3O3P. The number of aryl methyl sites for hydroxylation is 1. The van der Waals surface area contributed by atoms with Crippen LogP contribution in [-0.4, -0.2) is 27.8 Å². The number of nitrogens with zero attached hydrogens (tertiary/aromatic N) is 3. The van der Waals surface area contributed by atoms with Crippen LogP contribution in [0.4, 0.5) is 0 Å². The van der Waals surface area contributed by atoms with Gasteiger partial charge in [0, 0.05) is 11.8 Å². The van der Waals surface area contributed by atoms with Crippen LogP contribution < -0.4 is 0 Å². The smallest absolute Gasteiger partial charge is 0.309 e. The molecule has 0 aliphatic rings. The molecule has 2 heterocycles. The van der Waals surface area contributed by atoms with Gasteiger partial charge in [-0.1, -0.05) is 26.2 Å². The van der Waals surface area contributed by atoms with E-state index in [2.05, 4.69) is 17.0 Å². The molecule has 0 aliphatic heterocycles. The summed E-state index contributed by atoms with van der Waals surface area (Å²) in [6, 6.07) is 3.85. The number of hydrogen-bond acceptors (Lipinski definition) is 5. The van der Waals surface area contributed by atoms with Crippen molar-refractivity contribution in [1.82, 2.24) is 14.6 Å². The number of aromatic nitrogens is 3. The molecule has 7 heteroatoms. The van der Waals surface area contributed by atoms with Crippen molar-refractivity contribution >= 4 is 13.2 Å². The molecule has 0 unspecified atom stereocenters. The second-order valence-electron chi connectivity index (χ2n) is 5.76. The lowest BCUT2D eigenvalue weighted by Gasteiger charge is -2.17. The molecule has 24 heavy (non-hydrogen) atoms. The first-order valence-electron chi connectivity index (χ1n) is 8.82. The summed E-state index contributed by atoms with van der Waals surface area (Å²) in [4.78, 5) is 4.64. The molecule has 2 rings (SSSR count). The summed E-state index contributed by atoms with van der Waals surface area (Å²) in [5.41, 5.74) is 2.60. The minimum absolute atomic E-state index is 0.206. The van der Waals surface area contributed by atoms with E-state index in [-0.39, 0.29) is 6.16 Å². The molecule has 6 nitrogen and oxygen atoms in total. The van der Waals surface area contributed by atoms with Gasteiger partial charge in [-0.15, -0.1) is 0 Å². The fourth-order valence-electron chi connectivity index (χ4n) is 2.73. The van der Waals surface area contributed by atoms with Gasteiger partial charge in [0.25, 0.3) is 0 Å². The van der Waals surface area contributed by atoms with Crippen molar-refractivity contribution < 1.29 is 13.6 Å². The third-order valence-corrected chi connectivity index (χ3v) is 5.79. The Morgan fingerprint density at radius 1 is 1.12 bits per heavy atom. The summed E-state index contributed by atoms with van der Waals surface area (Å²) in [5, 5.41) is 4.30. The lowest BCUT2D eigenvalue weighted by Crippen LogP contribution is -2.07. The first kappa shape index (κ1) is 19.1. The van der Waals surface area contributed by atoms with Crippen LogP contribution in [-0.2, 0) is 26.2 Å². The molecule has 0 aromatic carbocycles. The van der Waals surface area contributed by atoms with Crippen LogP contribution in [0.2, 0.25) is 0 Å². The third kappa shape index (κ3) is 5.13. The van der Waals surface area contributed by atoms with Gasteiger partial charge in [-0.25, -0.2) is 9.50 Å². The van der Waals surface area contributed by atoms with E-state index in [1.165, 1.54) is 19.3 Å². The van der Waals surface area contributed by atoms with Gasteiger partial charge < -0.3 is 9.05 Å². The maximum atomic E-state index is 12.9. The van der Waals surface area contributed by atoms with Gasteiger partial charge in [0.05, 0.1) is 31.3 Å². The molecule has 2 aromatic rings. The maximum absolute atomic E-state index is 12.9. The van der Waals surface area contributed by atoms with Crippen LogP contribution in [0.5, 0.6) is 0 Å². The predicted octanol–water partition coefficient (Wildman–Crippen LogP) is 4.62. The van der Waals surface area contributed by atoms with Crippen molar-refractivity contribution in [3.63, 3.8) is 0 Å². The van der Waals surface area contributed by atoms with Crippen molar-refractivity contribution in [1.29, 1.82) is 0 Å². The minimum Gasteiger partial charge on any atom is -0.309 e. The molecule has 0 spiro atoms. The Balaban J connectivity index is 2.23. The van der Waals surface area contributed by atoms with E-state index < -0.39 is 7.60 Å². The highest BCUT2D eigenvalue weighted by Crippen LogP contribution is 2.51. The Kier molecular flexibility index (Phi) is 7.40.